The van der Waals surface area contributed by atoms with Gasteiger partial charge in [-0.15, -0.1) is 0 Å². The maximum absolute atomic E-state index is 14.2. The van der Waals surface area contributed by atoms with E-state index < -0.39 is 39.2 Å². The second-order valence-corrected chi connectivity index (χ2v) is 12.2. The standard InChI is InChI=1S/C24H24BrF4N3O2S/c1-23(2,3)32-22(18-12-16(26)8-11-20(18)25)19(13-30-32)21(14-4-5-14)31-35(33,34)17-9-6-15(7-10-17)24(27,28)29/h6-14,21,31H,4-5H2,1-3H3/t21-/m1/s1. The molecule has 3 aromatic rings. The fourth-order valence-corrected chi connectivity index (χ4v) is 5.67. The molecule has 1 aliphatic carbocycles. The monoisotopic (exact) mass is 573 g/mol. The lowest BCUT2D eigenvalue weighted by Crippen LogP contribution is -2.31. The van der Waals surface area contributed by atoms with Crippen LogP contribution in [0, 0.1) is 11.7 Å². The van der Waals surface area contributed by atoms with Gasteiger partial charge >= 0.3 is 6.18 Å². The number of aromatic nitrogens is 2. The van der Waals surface area contributed by atoms with E-state index in [1.165, 1.54) is 12.1 Å². The summed E-state index contributed by atoms with van der Waals surface area (Å²) in [5, 5.41) is 4.52. The van der Waals surface area contributed by atoms with Gasteiger partial charge in [0.25, 0.3) is 0 Å². The van der Waals surface area contributed by atoms with Crippen molar-refractivity contribution in [3.8, 4) is 11.3 Å². The van der Waals surface area contributed by atoms with Gasteiger partial charge in [-0.2, -0.15) is 18.3 Å². The van der Waals surface area contributed by atoms with E-state index in [1.54, 1.807) is 16.9 Å². The molecule has 1 heterocycles. The summed E-state index contributed by atoms with van der Waals surface area (Å²) in [6.45, 7) is 5.79. The van der Waals surface area contributed by atoms with E-state index in [1.807, 2.05) is 20.8 Å². The molecule has 1 N–H and O–H groups in total. The van der Waals surface area contributed by atoms with Gasteiger partial charge in [-0.05, 0) is 82.0 Å². The summed E-state index contributed by atoms with van der Waals surface area (Å²) >= 11 is 3.47. The second-order valence-electron chi connectivity index (χ2n) is 9.61. The number of alkyl halides is 3. The fourth-order valence-electron chi connectivity index (χ4n) is 3.95. The average molecular weight is 574 g/mol. The summed E-state index contributed by atoms with van der Waals surface area (Å²) in [7, 11) is -4.16. The van der Waals surface area contributed by atoms with Crippen molar-refractivity contribution >= 4 is 26.0 Å². The molecule has 0 aliphatic heterocycles. The number of halogens is 5. The smallest absolute Gasteiger partial charge is 0.259 e. The molecule has 188 valence electrons. The molecule has 0 saturated heterocycles. The minimum Gasteiger partial charge on any atom is -0.259 e. The summed E-state index contributed by atoms with van der Waals surface area (Å²) in [5.41, 5.74) is 0.228. The third-order valence-corrected chi connectivity index (χ3v) is 7.97. The first kappa shape index (κ1) is 25.8. The lowest BCUT2D eigenvalue weighted by Gasteiger charge is -2.25. The maximum atomic E-state index is 14.2. The van der Waals surface area contributed by atoms with Crippen LogP contribution < -0.4 is 4.72 Å². The number of benzene rings is 2. The number of hydrogen-bond donors (Lipinski definition) is 1. The first-order valence-corrected chi connectivity index (χ1v) is 13.2. The normalized spacial score (nSPS) is 15.9. The highest BCUT2D eigenvalue weighted by Gasteiger charge is 2.39. The minimum absolute atomic E-state index is 0.0251. The van der Waals surface area contributed by atoms with E-state index in [0.29, 0.717) is 21.3 Å². The van der Waals surface area contributed by atoms with Gasteiger partial charge in [0.15, 0.2) is 0 Å². The molecule has 0 amide bonds. The number of hydrogen-bond acceptors (Lipinski definition) is 3. The molecule has 0 bridgehead atoms. The molecule has 1 aliphatic rings. The Morgan fingerprint density at radius 2 is 1.71 bits per heavy atom. The van der Waals surface area contributed by atoms with Crippen LogP contribution in [0.25, 0.3) is 11.3 Å². The molecule has 0 radical (unpaired) electrons. The number of sulfonamides is 1. The molecule has 1 fully saturated rings. The van der Waals surface area contributed by atoms with Crippen LogP contribution in [0.5, 0.6) is 0 Å². The first-order valence-electron chi connectivity index (χ1n) is 10.9. The summed E-state index contributed by atoms with van der Waals surface area (Å²) in [6, 6.07) is 6.94. The lowest BCUT2D eigenvalue weighted by molar-refractivity contribution is -0.137. The van der Waals surface area contributed by atoms with Gasteiger partial charge < -0.3 is 0 Å². The van der Waals surface area contributed by atoms with Crippen molar-refractivity contribution in [2.45, 2.75) is 56.3 Å². The third kappa shape index (κ3) is 5.46. The zero-order chi connectivity index (χ0) is 25.8. The van der Waals surface area contributed by atoms with Gasteiger partial charge in [0.05, 0.1) is 33.9 Å². The summed E-state index contributed by atoms with van der Waals surface area (Å²) in [4.78, 5) is -0.271. The Hall–Kier alpha value is -2.24. The molecule has 0 unspecified atom stereocenters. The molecule has 1 saturated carbocycles. The lowest BCUT2D eigenvalue weighted by atomic mass is 9.98. The molecule has 2 aromatic carbocycles. The van der Waals surface area contributed by atoms with Crippen molar-refractivity contribution < 1.29 is 26.0 Å². The summed E-state index contributed by atoms with van der Waals surface area (Å²) in [6.07, 6.45) is -1.45. The largest absolute Gasteiger partial charge is 0.416 e. The summed E-state index contributed by atoms with van der Waals surface area (Å²) < 4.78 is 84.4. The van der Waals surface area contributed by atoms with Gasteiger partial charge in [0.2, 0.25) is 10.0 Å². The predicted molar refractivity (Wildman–Crippen MR) is 128 cm³/mol. The topological polar surface area (TPSA) is 64.0 Å². The Bertz CT molecular complexity index is 1340. The Balaban J connectivity index is 1.79. The number of nitrogens with one attached hydrogen (secondary N) is 1. The Labute approximate surface area is 209 Å². The quantitative estimate of drug-likeness (QED) is 0.335. The average Bonchev–Trinajstić information content (AvgIpc) is 3.50. The van der Waals surface area contributed by atoms with Crippen LogP contribution >= 0.6 is 15.9 Å². The molecule has 11 heteroatoms. The fraction of sp³-hybridized carbons (Fsp3) is 0.375. The van der Waals surface area contributed by atoms with Crippen molar-refractivity contribution in [1.82, 2.24) is 14.5 Å². The van der Waals surface area contributed by atoms with Crippen molar-refractivity contribution in [2.75, 3.05) is 0 Å². The van der Waals surface area contributed by atoms with E-state index in [0.717, 1.165) is 37.1 Å². The van der Waals surface area contributed by atoms with Crippen LogP contribution in [0.4, 0.5) is 17.6 Å². The van der Waals surface area contributed by atoms with Crippen LogP contribution in [-0.4, -0.2) is 18.2 Å². The minimum atomic E-state index is -4.57. The van der Waals surface area contributed by atoms with Crippen LogP contribution in [0.1, 0.15) is 50.8 Å². The molecule has 1 aromatic heterocycles. The third-order valence-electron chi connectivity index (χ3n) is 5.82. The van der Waals surface area contributed by atoms with Crippen molar-refractivity contribution in [3.63, 3.8) is 0 Å². The first-order chi connectivity index (χ1) is 16.2. The van der Waals surface area contributed by atoms with Gasteiger partial charge in [0.1, 0.15) is 5.82 Å². The van der Waals surface area contributed by atoms with Gasteiger partial charge in [-0.1, -0.05) is 15.9 Å². The second kappa shape index (κ2) is 9.01. The Morgan fingerprint density at radius 1 is 1.09 bits per heavy atom. The Morgan fingerprint density at radius 3 is 2.26 bits per heavy atom. The van der Waals surface area contributed by atoms with E-state index in [-0.39, 0.29) is 10.8 Å². The van der Waals surface area contributed by atoms with Crippen LogP contribution in [0.15, 0.2) is 58.0 Å². The zero-order valence-corrected chi connectivity index (χ0v) is 21.6. The zero-order valence-electron chi connectivity index (χ0n) is 19.2. The van der Waals surface area contributed by atoms with Crippen molar-refractivity contribution in [2.24, 2.45) is 5.92 Å². The highest BCUT2D eigenvalue weighted by atomic mass is 79.9. The molecule has 4 rings (SSSR count). The SMILES string of the molecule is CC(C)(C)n1ncc([C@H](NS(=O)(=O)c2ccc(C(F)(F)F)cc2)C2CC2)c1-c1cc(F)ccc1Br. The Kier molecular flexibility index (Phi) is 6.65. The van der Waals surface area contributed by atoms with E-state index in [2.05, 4.69) is 25.8 Å². The molecular formula is C24H24BrF4N3O2S. The van der Waals surface area contributed by atoms with E-state index in [9.17, 15) is 26.0 Å². The molecular weight excluding hydrogens is 550 g/mol. The maximum Gasteiger partial charge on any atom is 0.416 e. The molecule has 0 spiro atoms. The van der Waals surface area contributed by atoms with Crippen LogP contribution in [0.2, 0.25) is 0 Å². The van der Waals surface area contributed by atoms with Gasteiger partial charge in [-0.3, -0.25) is 4.68 Å². The van der Waals surface area contributed by atoms with Crippen LogP contribution in [0.3, 0.4) is 0 Å². The number of nitrogens with zero attached hydrogens (tertiary/aromatic N) is 2. The predicted octanol–water partition coefficient (Wildman–Crippen LogP) is 6.66. The van der Waals surface area contributed by atoms with E-state index in [4.69, 9.17) is 0 Å². The van der Waals surface area contributed by atoms with Crippen molar-refractivity contribution in [3.05, 3.63) is 70.1 Å². The number of rotatable bonds is 6. The molecule has 5 nitrogen and oxygen atoms in total. The van der Waals surface area contributed by atoms with Crippen LogP contribution in [-0.2, 0) is 21.7 Å². The van der Waals surface area contributed by atoms with Gasteiger partial charge in [0, 0.05) is 15.6 Å². The van der Waals surface area contributed by atoms with E-state index >= 15 is 0 Å². The molecule has 1 atom stereocenters. The highest BCUT2D eigenvalue weighted by Crippen LogP contribution is 2.46. The molecule has 35 heavy (non-hydrogen) atoms. The van der Waals surface area contributed by atoms with Crippen molar-refractivity contribution in [1.29, 1.82) is 0 Å². The summed E-state index contributed by atoms with van der Waals surface area (Å²) in [5.74, 6) is -0.480. The van der Waals surface area contributed by atoms with Gasteiger partial charge in [-0.25, -0.2) is 17.5 Å². The highest BCUT2D eigenvalue weighted by molar-refractivity contribution is 9.10.